The largest absolute Gasteiger partial charge is 0.480 e. The maximum atomic E-state index is 15.1. The van der Waals surface area contributed by atoms with E-state index in [0.29, 0.717) is 0 Å². The van der Waals surface area contributed by atoms with Gasteiger partial charge in [-0.2, -0.15) is 0 Å². The van der Waals surface area contributed by atoms with Crippen LogP contribution in [-0.2, 0) is 79.3 Å². The average molecular weight is 1280 g/mol. The second-order valence-corrected chi connectivity index (χ2v) is 26.5. The van der Waals surface area contributed by atoms with E-state index >= 15 is 4.39 Å². The zero-order valence-electron chi connectivity index (χ0n) is 51.9. The number of carbonyl (C=O) groups is 4. The van der Waals surface area contributed by atoms with Crippen LogP contribution in [0.5, 0.6) is 0 Å². The summed E-state index contributed by atoms with van der Waals surface area (Å²) >= 11 is 0. The molecule has 4 rings (SSSR count). The summed E-state index contributed by atoms with van der Waals surface area (Å²) in [6, 6.07) is 2.02. The van der Waals surface area contributed by atoms with Gasteiger partial charge in [-0.05, 0) is 116 Å². The van der Waals surface area contributed by atoms with Crippen molar-refractivity contribution < 1.29 is 108 Å². The zero-order valence-corrected chi connectivity index (χ0v) is 53.7. The van der Waals surface area contributed by atoms with Crippen LogP contribution in [0.15, 0.2) is 43.7 Å². The molecule has 86 heavy (non-hydrogen) atoms. The van der Waals surface area contributed by atoms with Crippen LogP contribution in [0.4, 0.5) is 8.78 Å². The Morgan fingerprint density at radius 3 is 1.13 bits per heavy atom. The van der Waals surface area contributed by atoms with E-state index in [1.807, 2.05) is 9.97 Å². The predicted molar refractivity (Wildman–Crippen MR) is 301 cm³/mol. The fraction of sp³-hybridized carbons (Fsp3) is 0.769. The molecule has 2 aliphatic heterocycles. The van der Waals surface area contributed by atoms with E-state index in [9.17, 15) is 72.1 Å². The fourth-order valence-electron chi connectivity index (χ4n) is 6.82. The lowest BCUT2D eigenvalue weighted by molar-refractivity contribution is -0.166. The van der Waals surface area contributed by atoms with Gasteiger partial charge in [0.2, 0.25) is 27.2 Å². The monoisotopic (exact) mass is 1280 g/mol. The van der Waals surface area contributed by atoms with Crippen molar-refractivity contribution in [2.75, 3.05) is 60.0 Å². The molecule has 6 N–H and O–H groups in total. The van der Waals surface area contributed by atoms with E-state index in [0.717, 1.165) is 33.7 Å². The molecule has 4 heterocycles. The van der Waals surface area contributed by atoms with Crippen LogP contribution < -0.4 is 22.5 Å². The van der Waals surface area contributed by atoms with Gasteiger partial charge in [0.05, 0.1) is 34.9 Å². The molecule has 0 aromatic carbocycles. The van der Waals surface area contributed by atoms with Gasteiger partial charge in [-0.25, -0.2) is 45.6 Å². The summed E-state index contributed by atoms with van der Waals surface area (Å²) < 4.78 is 110. The number of hydrogen-bond donors (Lipinski definition) is 6. The Labute approximate surface area is 497 Å². The molecule has 0 amide bonds. The van der Waals surface area contributed by atoms with Crippen molar-refractivity contribution in [2.45, 2.75) is 179 Å². The van der Waals surface area contributed by atoms with Gasteiger partial charge in [0.15, 0.2) is 24.8 Å². The van der Waals surface area contributed by atoms with Crippen LogP contribution in [0.2, 0.25) is 0 Å². The predicted octanol–water partition coefficient (Wildman–Crippen LogP) is 4.63. The maximum Gasteiger partial charge on any atom is 0.480 e. The number of esters is 4. The number of ether oxygens (including phenoxy) is 6. The molecular weight excluding hydrogens is 1190 g/mol. The number of aliphatic hydroxyl groups excluding tert-OH is 3. The number of phosphoric ester groups is 2. The summed E-state index contributed by atoms with van der Waals surface area (Å²) in [5.74, 6) is -2.58. The Balaban J connectivity index is 0.000000659. The normalized spacial score (nSPS) is 22.5. The number of carbonyl (C=O) groups excluding carboxylic acids is 4. The number of aromatic nitrogens is 4. The SMILES string of the molecule is CC(C)(C)C(=O)OCOP(=O)(O)OCOC(=O)C(C)(C)C.CCN(CC)CC.CC[C@]1(CO)O[C@@H](n2ccc(=O)[nH]c2=O)[C@H](F)[C@@H]1O.CC[C@]1(COP(=O)(OCOC(=O)C(C)(C)C)OCOC(=O)C(C)(C)C)O[C@@H](n2ccc(=O)[nH]c2=O)[C@H](F)[C@@H]1O. The first-order valence-corrected chi connectivity index (χ1v) is 30.2. The van der Waals surface area contributed by atoms with Crippen LogP contribution >= 0.6 is 15.6 Å². The van der Waals surface area contributed by atoms with Crippen molar-refractivity contribution in [2.24, 2.45) is 21.7 Å². The molecule has 2 aromatic heterocycles. The van der Waals surface area contributed by atoms with Gasteiger partial charge in [-0.3, -0.25) is 52.4 Å². The number of alkyl halides is 2. The molecule has 2 aliphatic rings. The van der Waals surface area contributed by atoms with Crippen LogP contribution in [0.1, 0.15) is 143 Å². The highest BCUT2D eigenvalue weighted by Crippen LogP contribution is 2.52. The van der Waals surface area contributed by atoms with Crippen molar-refractivity contribution in [1.29, 1.82) is 0 Å². The summed E-state index contributed by atoms with van der Waals surface area (Å²) in [4.78, 5) is 108. The minimum Gasteiger partial charge on any atom is -0.437 e. The number of hydrogen-bond acceptors (Lipinski definition) is 25. The molecule has 0 unspecified atom stereocenters. The summed E-state index contributed by atoms with van der Waals surface area (Å²) in [6.45, 7) is 27.9. The number of halogens is 2. The third-order valence-corrected chi connectivity index (χ3v) is 14.7. The fourth-order valence-corrected chi connectivity index (χ4v) is 8.23. The Hall–Kier alpha value is -4.92. The molecule has 0 bridgehead atoms. The minimum absolute atomic E-state index is 0.0960. The topological polar surface area (TPSA) is 398 Å². The molecule has 30 nitrogen and oxygen atoms in total. The van der Waals surface area contributed by atoms with Crippen molar-refractivity contribution in [3.05, 3.63) is 66.2 Å². The smallest absolute Gasteiger partial charge is 0.437 e. The second-order valence-electron chi connectivity index (χ2n) is 23.3. The first-order valence-electron chi connectivity index (χ1n) is 27.2. The Morgan fingerprint density at radius 1 is 0.570 bits per heavy atom. The molecule has 0 saturated carbocycles. The number of aliphatic hydroxyl groups is 3. The molecule has 0 radical (unpaired) electrons. The van der Waals surface area contributed by atoms with Crippen LogP contribution in [0.25, 0.3) is 0 Å². The number of H-pyrrole nitrogens is 2. The number of nitrogens with zero attached hydrogens (tertiary/aromatic N) is 3. The van der Waals surface area contributed by atoms with Gasteiger partial charge < -0.3 is 53.5 Å². The lowest BCUT2D eigenvalue weighted by atomic mass is 9.94. The van der Waals surface area contributed by atoms with Crippen LogP contribution in [0, 0.1) is 21.7 Å². The molecule has 2 aromatic rings. The molecule has 34 heteroatoms. The molecule has 8 atom stereocenters. The van der Waals surface area contributed by atoms with Crippen molar-refractivity contribution in [3.8, 4) is 0 Å². The lowest BCUT2D eigenvalue weighted by Gasteiger charge is -2.31. The third-order valence-electron chi connectivity index (χ3n) is 12.5. The van der Waals surface area contributed by atoms with Gasteiger partial charge in [0.1, 0.15) is 23.4 Å². The van der Waals surface area contributed by atoms with Gasteiger partial charge in [0, 0.05) is 24.5 Å². The molecular formula is C52H89F2N5O25P2. The highest BCUT2D eigenvalue weighted by Gasteiger charge is 2.57. The quantitative estimate of drug-likeness (QED) is 0.0382. The van der Waals surface area contributed by atoms with Gasteiger partial charge in [-0.15, -0.1) is 0 Å². The molecule has 0 aliphatic carbocycles. The van der Waals surface area contributed by atoms with E-state index in [1.54, 1.807) is 90.0 Å². The maximum absolute atomic E-state index is 15.1. The van der Waals surface area contributed by atoms with Crippen LogP contribution in [0.3, 0.4) is 0 Å². The number of aromatic amines is 2. The summed E-state index contributed by atoms with van der Waals surface area (Å²) in [5.41, 5.74) is -9.77. The standard InChI is InChI=1S/C23H36FN2O12P.C12H23O8P.C11H15FN2O5.C6H15N/c1-8-23(16(28)15(24)17(38-23)26-10-9-14(27)25-20(26)31)11-35-39(32,36-12-33-18(29)21(2,3)4)37-13-34-19(30)22(5,6)7;1-11(2,3)9(13)17-7-19-21(15,16)20-8-18-10(14)12(4,5)6;1-2-11(5-15)8(17)7(12)9(19-11)14-4-3-6(16)13-10(14)18;1-4-7(5-2)6-3/h9-10,15-17,28H,8,11-13H2,1-7H3,(H,25,27,31);7-8H2,1-6H3,(H,15,16);3-4,7-9,15,17H,2,5H2,1H3,(H,13,16,18);4-6H2,1-3H3/t15-,16+,17-,23-;;7-,8+,9-,11-;/m1.1./s1. The van der Waals surface area contributed by atoms with Crippen LogP contribution in [-0.4, -0.2) is 164 Å². The zero-order chi connectivity index (χ0) is 66.6. The van der Waals surface area contributed by atoms with E-state index < -0.39 is 172 Å². The summed E-state index contributed by atoms with van der Waals surface area (Å²) in [7, 11) is -9.15. The van der Waals surface area contributed by atoms with E-state index in [4.69, 9.17) is 32.5 Å². The number of nitrogens with one attached hydrogen (secondary N) is 2. The Kier molecular flexibility index (Phi) is 30.9. The number of phosphoric acid groups is 2. The average Bonchev–Trinajstić information content (AvgIpc) is 2.38. The van der Waals surface area contributed by atoms with Gasteiger partial charge in [0.25, 0.3) is 11.1 Å². The molecule has 2 fully saturated rings. The van der Waals surface area contributed by atoms with E-state index in [1.165, 1.54) is 26.6 Å². The highest BCUT2D eigenvalue weighted by atomic mass is 31.2. The Bertz CT molecular complexity index is 2750. The highest BCUT2D eigenvalue weighted by molar-refractivity contribution is 7.48. The molecule has 496 valence electrons. The Morgan fingerprint density at radius 2 is 0.872 bits per heavy atom. The number of rotatable bonds is 23. The van der Waals surface area contributed by atoms with Gasteiger partial charge in [-0.1, -0.05) is 34.6 Å². The lowest BCUT2D eigenvalue weighted by Crippen LogP contribution is -2.45. The van der Waals surface area contributed by atoms with E-state index in [-0.39, 0.29) is 12.8 Å². The molecule has 0 spiro atoms. The second kappa shape index (κ2) is 33.6. The first-order chi connectivity index (χ1) is 39.4. The minimum atomic E-state index is -4.68. The van der Waals surface area contributed by atoms with Crippen molar-refractivity contribution >= 4 is 39.5 Å². The third kappa shape index (κ3) is 24.2. The van der Waals surface area contributed by atoms with Gasteiger partial charge >= 0.3 is 50.9 Å². The summed E-state index contributed by atoms with van der Waals surface area (Å²) in [6.07, 6.45) is -8.32. The van der Waals surface area contributed by atoms with Crippen molar-refractivity contribution in [3.63, 3.8) is 0 Å². The molecule has 2 saturated heterocycles. The van der Waals surface area contributed by atoms with Crippen molar-refractivity contribution in [1.82, 2.24) is 24.0 Å². The van der Waals surface area contributed by atoms with E-state index in [2.05, 4.69) is 44.2 Å². The summed E-state index contributed by atoms with van der Waals surface area (Å²) in [5, 5.41) is 29.8. The first kappa shape index (κ1) is 79.1.